The van der Waals surface area contributed by atoms with Crippen molar-refractivity contribution in [2.45, 2.75) is 0 Å². The molecule has 0 N–H and O–H groups in total. The Kier molecular flexibility index (Phi) is 7.85. The SMILES string of the molecule is c1ccc(-c2ccc(-c3ccc(N(c4cccc(-c5ccc6ccccc6c5)c4)c4cccc(-c5cccc6oc7ccccc7c56)c4)cc3)cc2)cc1. The number of hydrogen-bond donors (Lipinski definition) is 0. The third-order valence-corrected chi connectivity index (χ3v) is 10.5. The van der Waals surface area contributed by atoms with Gasteiger partial charge in [-0.2, -0.15) is 0 Å². The number of rotatable bonds is 7. The quantitative estimate of drug-likeness (QED) is 0.166. The number of furan rings is 1. The first-order valence-electron chi connectivity index (χ1n) is 18.4. The van der Waals surface area contributed by atoms with Crippen LogP contribution in [0.25, 0.3) is 77.2 Å². The van der Waals surface area contributed by atoms with Crippen LogP contribution in [0, 0.1) is 0 Å². The summed E-state index contributed by atoms with van der Waals surface area (Å²) in [5, 5.41) is 4.74. The fourth-order valence-corrected chi connectivity index (χ4v) is 7.76. The van der Waals surface area contributed by atoms with Crippen LogP contribution in [0.1, 0.15) is 0 Å². The maximum atomic E-state index is 6.28. The molecule has 1 heterocycles. The number of hydrogen-bond acceptors (Lipinski definition) is 2. The van der Waals surface area contributed by atoms with Crippen LogP contribution in [0.2, 0.25) is 0 Å². The van der Waals surface area contributed by atoms with Gasteiger partial charge in [-0.15, -0.1) is 0 Å². The number of fused-ring (bicyclic) bond motifs is 4. The zero-order chi connectivity index (χ0) is 35.8. The highest BCUT2D eigenvalue weighted by molar-refractivity contribution is 6.12. The van der Waals surface area contributed by atoms with Crippen molar-refractivity contribution in [2.75, 3.05) is 4.90 Å². The zero-order valence-electron chi connectivity index (χ0n) is 29.6. The van der Waals surface area contributed by atoms with Crippen molar-refractivity contribution in [1.29, 1.82) is 0 Å². The Morgan fingerprint density at radius 1 is 0.296 bits per heavy atom. The standard InChI is InChI=1S/C52H35NO/c1-2-11-36(12-3-1)38-23-25-39(26-24-38)40-29-31-45(32-30-40)53(46-17-8-15-42(34-46)43-28-27-37-13-4-5-14-41(37)33-43)47-18-9-16-44(35-47)48-20-10-22-51-52(48)49-19-6-7-21-50(49)54-51/h1-35H. The molecule has 0 atom stereocenters. The Bertz CT molecular complexity index is 2920. The Morgan fingerprint density at radius 3 is 1.57 bits per heavy atom. The Balaban J connectivity index is 1.08. The third kappa shape index (κ3) is 5.81. The molecule has 0 saturated carbocycles. The number of anilines is 3. The average Bonchev–Trinajstić information content (AvgIpc) is 3.64. The van der Waals surface area contributed by atoms with Crippen LogP contribution in [-0.4, -0.2) is 0 Å². The molecule has 54 heavy (non-hydrogen) atoms. The van der Waals surface area contributed by atoms with E-state index in [1.807, 2.05) is 12.1 Å². The van der Waals surface area contributed by atoms with Crippen LogP contribution in [0.5, 0.6) is 0 Å². The Morgan fingerprint density at radius 2 is 0.815 bits per heavy atom. The second-order valence-electron chi connectivity index (χ2n) is 13.8. The molecule has 0 bridgehead atoms. The monoisotopic (exact) mass is 689 g/mol. The lowest BCUT2D eigenvalue weighted by atomic mass is 9.98. The van der Waals surface area contributed by atoms with Crippen molar-refractivity contribution in [1.82, 2.24) is 0 Å². The van der Waals surface area contributed by atoms with Crippen LogP contribution >= 0.6 is 0 Å². The van der Waals surface area contributed by atoms with E-state index in [9.17, 15) is 0 Å². The van der Waals surface area contributed by atoms with Gasteiger partial charge in [-0.1, -0.05) is 158 Å². The predicted molar refractivity (Wildman–Crippen MR) is 228 cm³/mol. The molecule has 2 nitrogen and oxygen atoms in total. The van der Waals surface area contributed by atoms with Crippen molar-refractivity contribution in [3.05, 3.63) is 212 Å². The van der Waals surface area contributed by atoms with E-state index in [0.717, 1.165) is 50.1 Å². The highest BCUT2D eigenvalue weighted by Gasteiger charge is 2.17. The molecular weight excluding hydrogens is 655 g/mol. The average molecular weight is 690 g/mol. The fourth-order valence-electron chi connectivity index (χ4n) is 7.76. The van der Waals surface area contributed by atoms with Crippen molar-refractivity contribution in [3.8, 4) is 44.5 Å². The van der Waals surface area contributed by atoms with Crippen molar-refractivity contribution < 1.29 is 4.42 Å². The summed E-state index contributed by atoms with van der Waals surface area (Å²) in [6, 6.07) is 76.0. The van der Waals surface area contributed by atoms with Gasteiger partial charge in [-0.3, -0.25) is 0 Å². The van der Waals surface area contributed by atoms with E-state index < -0.39 is 0 Å². The van der Waals surface area contributed by atoms with Gasteiger partial charge in [-0.05, 0) is 110 Å². The molecule has 0 aliphatic rings. The van der Waals surface area contributed by atoms with Gasteiger partial charge in [0.15, 0.2) is 0 Å². The first-order valence-corrected chi connectivity index (χ1v) is 18.4. The highest BCUT2D eigenvalue weighted by atomic mass is 16.3. The minimum Gasteiger partial charge on any atom is -0.456 e. The molecule has 254 valence electrons. The molecule has 0 spiro atoms. The van der Waals surface area contributed by atoms with Gasteiger partial charge in [0, 0.05) is 27.8 Å². The van der Waals surface area contributed by atoms with Crippen LogP contribution in [-0.2, 0) is 0 Å². The van der Waals surface area contributed by atoms with Gasteiger partial charge in [0.05, 0.1) is 0 Å². The maximum Gasteiger partial charge on any atom is 0.136 e. The lowest BCUT2D eigenvalue weighted by molar-refractivity contribution is 0.669. The Hall–Kier alpha value is -7.16. The van der Waals surface area contributed by atoms with Crippen LogP contribution in [0.4, 0.5) is 17.1 Å². The summed E-state index contributed by atoms with van der Waals surface area (Å²) in [4.78, 5) is 2.37. The molecule has 0 aliphatic heterocycles. The summed E-state index contributed by atoms with van der Waals surface area (Å²) in [6.45, 7) is 0. The first-order chi connectivity index (χ1) is 26.7. The largest absolute Gasteiger partial charge is 0.456 e. The van der Waals surface area contributed by atoms with E-state index >= 15 is 0 Å². The molecular formula is C52H35NO. The minimum atomic E-state index is 0.895. The third-order valence-electron chi connectivity index (χ3n) is 10.5. The van der Waals surface area contributed by atoms with Gasteiger partial charge < -0.3 is 9.32 Å². The number of para-hydroxylation sites is 1. The van der Waals surface area contributed by atoms with Crippen LogP contribution in [0.3, 0.4) is 0 Å². The molecule has 0 fully saturated rings. The van der Waals surface area contributed by atoms with E-state index in [1.54, 1.807) is 0 Å². The molecule has 1 aromatic heterocycles. The number of benzene rings is 9. The van der Waals surface area contributed by atoms with E-state index in [2.05, 4.69) is 205 Å². The van der Waals surface area contributed by atoms with Crippen LogP contribution < -0.4 is 4.90 Å². The van der Waals surface area contributed by atoms with Crippen molar-refractivity contribution in [2.24, 2.45) is 0 Å². The Labute approximate surface area is 314 Å². The van der Waals surface area contributed by atoms with Gasteiger partial charge in [0.1, 0.15) is 11.2 Å². The highest BCUT2D eigenvalue weighted by Crippen LogP contribution is 2.42. The summed E-state index contributed by atoms with van der Waals surface area (Å²) < 4.78 is 6.28. The molecule has 10 rings (SSSR count). The smallest absolute Gasteiger partial charge is 0.136 e. The lowest BCUT2D eigenvalue weighted by Crippen LogP contribution is -2.10. The summed E-state index contributed by atoms with van der Waals surface area (Å²) in [5.74, 6) is 0. The molecule has 2 heteroatoms. The second kappa shape index (κ2) is 13.4. The van der Waals surface area contributed by atoms with E-state index in [0.29, 0.717) is 0 Å². The summed E-state index contributed by atoms with van der Waals surface area (Å²) in [6.07, 6.45) is 0. The molecule has 0 unspecified atom stereocenters. The van der Waals surface area contributed by atoms with Gasteiger partial charge >= 0.3 is 0 Å². The van der Waals surface area contributed by atoms with Gasteiger partial charge in [0.25, 0.3) is 0 Å². The maximum absolute atomic E-state index is 6.28. The topological polar surface area (TPSA) is 16.4 Å². The molecule has 10 aromatic rings. The lowest BCUT2D eigenvalue weighted by Gasteiger charge is -2.27. The second-order valence-corrected chi connectivity index (χ2v) is 13.8. The summed E-state index contributed by atoms with van der Waals surface area (Å²) >= 11 is 0. The first kappa shape index (κ1) is 31.6. The van der Waals surface area contributed by atoms with E-state index in [4.69, 9.17) is 4.42 Å². The summed E-state index contributed by atoms with van der Waals surface area (Å²) in [7, 11) is 0. The van der Waals surface area contributed by atoms with Gasteiger partial charge in [-0.25, -0.2) is 0 Å². The minimum absolute atomic E-state index is 0.895. The van der Waals surface area contributed by atoms with Gasteiger partial charge in [0.2, 0.25) is 0 Å². The molecule has 0 amide bonds. The fraction of sp³-hybridized carbons (Fsp3) is 0. The molecule has 0 saturated heterocycles. The summed E-state index contributed by atoms with van der Waals surface area (Å²) in [5.41, 5.74) is 14.5. The van der Waals surface area contributed by atoms with Crippen molar-refractivity contribution >= 4 is 49.8 Å². The van der Waals surface area contributed by atoms with E-state index in [1.165, 1.54) is 44.2 Å². The van der Waals surface area contributed by atoms with Crippen LogP contribution in [0.15, 0.2) is 217 Å². The van der Waals surface area contributed by atoms with E-state index in [-0.39, 0.29) is 0 Å². The normalized spacial score (nSPS) is 11.3. The molecule has 0 radical (unpaired) electrons. The van der Waals surface area contributed by atoms with Crippen molar-refractivity contribution in [3.63, 3.8) is 0 Å². The zero-order valence-corrected chi connectivity index (χ0v) is 29.6. The number of nitrogens with zero attached hydrogens (tertiary/aromatic N) is 1. The molecule has 0 aliphatic carbocycles. The predicted octanol–water partition coefficient (Wildman–Crippen LogP) is 14.9. The molecule has 9 aromatic carbocycles.